The van der Waals surface area contributed by atoms with Gasteiger partial charge < -0.3 is 4.74 Å². The lowest BCUT2D eigenvalue weighted by Gasteiger charge is -2.06. The number of carbonyl (C=O) groups excluding carboxylic acids is 1. The molecule has 0 amide bonds. The Bertz CT molecular complexity index is 350. The Morgan fingerprint density at radius 3 is 2.62 bits per heavy atom. The highest BCUT2D eigenvalue weighted by Crippen LogP contribution is 2.29. The molecule has 0 N–H and O–H groups in total. The van der Waals surface area contributed by atoms with Crippen LogP contribution in [0, 0.1) is 3.57 Å². The number of ether oxygens (including phenoxy) is 1. The molecule has 0 aliphatic rings. The molecule has 0 heterocycles. The van der Waals surface area contributed by atoms with Gasteiger partial charge in [-0.05, 0) is 57.6 Å². The number of methoxy groups -OCH3 is 1. The number of carbonyl (C=O) groups is 1. The summed E-state index contributed by atoms with van der Waals surface area (Å²) in [5.74, 6) is 0.808. The molecule has 0 saturated carbocycles. The standard InChI is InChI=1S/C9H8BrIO2/c1-5(12)6-3-7(10)9(13-2)4-8(6)11/h3-4H,1-2H3. The lowest BCUT2D eigenvalue weighted by Crippen LogP contribution is -1.97. The predicted molar refractivity (Wildman–Crippen MR) is 63.4 cm³/mol. The van der Waals surface area contributed by atoms with Crippen LogP contribution in [-0.4, -0.2) is 12.9 Å². The molecule has 13 heavy (non-hydrogen) atoms. The summed E-state index contributed by atoms with van der Waals surface area (Å²) in [6.45, 7) is 1.55. The van der Waals surface area contributed by atoms with E-state index < -0.39 is 0 Å². The fourth-order valence-corrected chi connectivity index (χ4v) is 2.28. The molecule has 0 bridgehead atoms. The molecule has 0 aromatic heterocycles. The molecule has 1 aromatic carbocycles. The van der Waals surface area contributed by atoms with Crippen LogP contribution >= 0.6 is 38.5 Å². The van der Waals surface area contributed by atoms with Crippen LogP contribution < -0.4 is 4.74 Å². The van der Waals surface area contributed by atoms with E-state index in [0.717, 1.165) is 13.8 Å². The van der Waals surface area contributed by atoms with E-state index in [9.17, 15) is 4.79 Å². The third-order valence-corrected chi connectivity index (χ3v) is 3.13. The molecule has 1 aromatic rings. The van der Waals surface area contributed by atoms with Crippen LogP contribution in [0.2, 0.25) is 0 Å². The highest BCUT2D eigenvalue weighted by atomic mass is 127. The largest absolute Gasteiger partial charge is 0.496 e. The van der Waals surface area contributed by atoms with Crippen LogP contribution in [0.1, 0.15) is 17.3 Å². The molecule has 4 heteroatoms. The van der Waals surface area contributed by atoms with Crippen molar-refractivity contribution in [3.8, 4) is 5.75 Å². The molecule has 0 spiro atoms. The Kier molecular flexibility index (Phi) is 3.73. The Morgan fingerprint density at radius 1 is 1.54 bits per heavy atom. The monoisotopic (exact) mass is 354 g/mol. The van der Waals surface area contributed by atoms with E-state index >= 15 is 0 Å². The normalized spacial score (nSPS) is 9.85. The second-order valence-electron chi connectivity index (χ2n) is 2.52. The third kappa shape index (κ3) is 2.43. The summed E-state index contributed by atoms with van der Waals surface area (Å²) in [6, 6.07) is 3.62. The average molecular weight is 355 g/mol. The summed E-state index contributed by atoms with van der Waals surface area (Å²) in [7, 11) is 1.60. The van der Waals surface area contributed by atoms with E-state index in [-0.39, 0.29) is 5.78 Å². The summed E-state index contributed by atoms with van der Waals surface area (Å²) in [5.41, 5.74) is 0.716. The number of ketones is 1. The van der Waals surface area contributed by atoms with Crippen molar-refractivity contribution in [2.75, 3.05) is 7.11 Å². The smallest absolute Gasteiger partial charge is 0.160 e. The summed E-state index contributed by atoms with van der Waals surface area (Å²) in [5, 5.41) is 0. The van der Waals surface area contributed by atoms with Gasteiger partial charge in [0.25, 0.3) is 0 Å². The lowest BCUT2D eigenvalue weighted by molar-refractivity contribution is 0.101. The van der Waals surface area contributed by atoms with Gasteiger partial charge in [-0.3, -0.25) is 4.79 Å². The number of Topliss-reactive ketones (excluding diaryl/α,β-unsaturated/α-hetero) is 1. The first-order valence-electron chi connectivity index (χ1n) is 3.60. The Labute approximate surface area is 98.9 Å². The van der Waals surface area contributed by atoms with Gasteiger partial charge in [0.15, 0.2) is 5.78 Å². The molecular formula is C9H8BrIO2. The van der Waals surface area contributed by atoms with Gasteiger partial charge in [-0.1, -0.05) is 0 Å². The molecule has 0 fully saturated rings. The summed E-state index contributed by atoms with van der Waals surface area (Å²) < 4.78 is 6.81. The number of halogens is 2. The zero-order chi connectivity index (χ0) is 10.0. The van der Waals surface area contributed by atoms with E-state index in [0.29, 0.717) is 5.56 Å². The molecule has 1 rings (SSSR count). The van der Waals surface area contributed by atoms with Crippen LogP contribution in [0.5, 0.6) is 5.75 Å². The summed E-state index contributed by atoms with van der Waals surface area (Å²) >= 11 is 5.45. The highest BCUT2D eigenvalue weighted by Gasteiger charge is 2.09. The minimum atomic E-state index is 0.0627. The van der Waals surface area contributed by atoms with Crippen LogP contribution in [0.15, 0.2) is 16.6 Å². The predicted octanol–water partition coefficient (Wildman–Crippen LogP) is 3.26. The van der Waals surface area contributed by atoms with Crippen molar-refractivity contribution in [1.82, 2.24) is 0 Å². The SMILES string of the molecule is COc1cc(I)c(C(C)=O)cc1Br. The number of rotatable bonds is 2. The van der Waals surface area contributed by atoms with Crippen molar-refractivity contribution >= 4 is 44.3 Å². The van der Waals surface area contributed by atoms with Crippen LogP contribution in [0.3, 0.4) is 0 Å². The van der Waals surface area contributed by atoms with Crippen molar-refractivity contribution in [2.24, 2.45) is 0 Å². The maximum absolute atomic E-state index is 11.2. The molecule has 0 unspecified atom stereocenters. The summed E-state index contributed by atoms with van der Waals surface area (Å²) in [4.78, 5) is 11.2. The first-order valence-corrected chi connectivity index (χ1v) is 5.47. The fourth-order valence-electron chi connectivity index (χ4n) is 0.955. The third-order valence-electron chi connectivity index (χ3n) is 1.62. The van der Waals surface area contributed by atoms with Crippen molar-refractivity contribution in [3.05, 3.63) is 25.7 Å². The minimum Gasteiger partial charge on any atom is -0.496 e. The second kappa shape index (κ2) is 4.41. The van der Waals surface area contributed by atoms with E-state index in [1.165, 1.54) is 0 Å². The Balaban J connectivity index is 3.28. The molecule has 2 nitrogen and oxygen atoms in total. The Morgan fingerprint density at radius 2 is 2.15 bits per heavy atom. The van der Waals surface area contributed by atoms with Gasteiger partial charge in [-0.2, -0.15) is 0 Å². The van der Waals surface area contributed by atoms with Crippen LogP contribution in [0.25, 0.3) is 0 Å². The van der Waals surface area contributed by atoms with Gasteiger partial charge >= 0.3 is 0 Å². The van der Waals surface area contributed by atoms with Gasteiger partial charge in [0.05, 0.1) is 11.6 Å². The molecule has 0 aliphatic carbocycles. The van der Waals surface area contributed by atoms with Gasteiger partial charge in [-0.25, -0.2) is 0 Å². The molecule has 0 atom stereocenters. The number of hydrogen-bond donors (Lipinski definition) is 0. The van der Waals surface area contributed by atoms with Crippen LogP contribution in [-0.2, 0) is 0 Å². The maximum atomic E-state index is 11.2. The van der Waals surface area contributed by atoms with Gasteiger partial charge in [0.1, 0.15) is 5.75 Å². The zero-order valence-corrected chi connectivity index (χ0v) is 11.0. The van der Waals surface area contributed by atoms with E-state index in [1.54, 1.807) is 20.1 Å². The Hall–Kier alpha value is -0.100. The molecule has 70 valence electrons. The lowest BCUT2D eigenvalue weighted by atomic mass is 10.1. The maximum Gasteiger partial charge on any atom is 0.160 e. The first kappa shape index (κ1) is 11.0. The van der Waals surface area contributed by atoms with Crippen molar-refractivity contribution in [3.63, 3.8) is 0 Å². The van der Waals surface area contributed by atoms with E-state index in [4.69, 9.17) is 4.74 Å². The second-order valence-corrected chi connectivity index (χ2v) is 4.54. The average Bonchev–Trinajstić information content (AvgIpc) is 2.07. The fraction of sp³-hybridized carbons (Fsp3) is 0.222. The highest BCUT2D eigenvalue weighted by molar-refractivity contribution is 14.1. The topological polar surface area (TPSA) is 26.3 Å². The molecule has 0 radical (unpaired) electrons. The van der Waals surface area contributed by atoms with Gasteiger partial charge in [0, 0.05) is 9.13 Å². The van der Waals surface area contributed by atoms with Crippen molar-refractivity contribution in [2.45, 2.75) is 6.92 Å². The number of hydrogen-bond acceptors (Lipinski definition) is 2. The molecule has 0 aliphatic heterocycles. The zero-order valence-electron chi connectivity index (χ0n) is 7.23. The van der Waals surface area contributed by atoms with Gasteiger partial charge in [0.2, 0.25) is 0 Å². The number of benzene rings is 1. The van der Waals surface area contributed by atoms with Crippen LogP contribution in [0.4, 0.5) is 0 Å². The van der Waals surface area contributed by atoms with E-state index in [1.807, 2.05) is 6.07 Å². The van der Waals surface area contributed by atoms with E-state index in [2.05, 4.69) is 38.5 Å². The molecule has 0 saturated heterocycles. The molecular weight excluding hydrogens is 347 g/mol. The van der Waals surface area contributed by atoms with Crippen molar-refractivity contribution < 1.29 is 9.53 Å². The summed E-state index contributed by atoms with van der Waals surface area (Å²) in [6.07, 6.45) is 0. The van der Waals surface area contributed by atoms with Crippen molar-refractivity contribution in [1.29, 1.82) is 0 Å². The van der Waals surface area contributed by atoms with Gasteiger partial charge in [-0.15, -0.1) is 0 Å². The minimum absolute atomic E-state index is 0.0627. The quantitative estimate of drug-likeness (QED) is 0.602. The first-order chi connectivity index (χ1) is 6.06.